The average Bonchev–Trinajstić information content (AvgIpc) is 1.86. The van der Waals surface area contributed by atoms with E-state index in [0.29, 0.717) is 0 Å². The standard InChI is InChI=1S/C7H15NO/c1-4-7(3,5-8)6(2)9/h5-6,8-9H,4H2,1-3H3. The molecule has 0 aliphatic heterocycles. The lowest BCUT2D eigenvalue weighted by atomic mass is 9.84. The molecule has 0 fully saturated rings. The molecule has 0 heterocycles. The Morgan fingerprint density at radius 2 is 2.22 bits per heavy atom. The molecule has 2 atom stereocenters. The first-order valence-electron chi connectivity index (χ1n) is 3.26. The maximum atomic E-state index is 9.12. The number of hydrogen-bond acceptors (Lipinski definition) is 2. The Kier molecular flexibility index (Phi) is 2.85. The number of hydrogen-bond donors (Lipinski definition) is 2. The summed E-state index contributed by atoms with van der Waals surface area (Å²) < 4.78 is 0. The van der Waals surface area contributed by atoms with Gasteiger partial charge in [-0.3, -0.25) is 0 Å². The van der Waals surface area contributed by atoms with Gasteiger partial charge in [-0.25, -0.2) is 0 Å². The molecule has 2 nitrogen and oxygen atoms in total. The minimum absolute atomic E-state index is 0.319. The van der Waals surface area contributed by atoms with Gasteiger partial charge in [0.1, 0.15) is 0 Å². The van der Waals surface area contributed by atoms with Crippen molar-refractivity contribution in [2.24, 2.45) is 5.41 Å². The first-order chi connectivity index (χ1) is 4.06. The fraction of sp³-hybridized carbons (Fsp3) is 0.857. The van der Waals surface area contributed by atoms with Crippen LogP contribution in [0.15, 0.2) is 0 Å². The van der Waals surface area contributed by atoms with E-state index in [1.165, 1.54) is 6.21 Å². The molecule has 0 rings (SSSR count). The molecule has 2 unspecified atom stereocenters. The van der Waals surface area contributed by atoms with Crippen LogP contribution < -0.4 is 0 Å². The zero-order chi connectivity index (χ0) is 7.49. The summed E-state index contributed by atoms with van der Waals surface area (Å²) >= 11 is 0. The smallest absolute Gasteiger partial charge is 0.0614 e. The van der Waals surface area contributed by atoms with Crippen LogP contribution in [0.25, 0.3) is 0 Å². The molecule has 2 N–H and O–H groups in total. The molecule has 0 saturated carbocycles. The highest BCUT2D eigenvalue weighted by Crippen LogP contribution is 2.22. The largest absolute Gasteiger partial charge is 0.392 e. The van der Waals surface area contributed by atoms with Crippen LogP contribution in [0.3, 0.4) is 0 Å². The number of aliphatic hydroxyl groups is 1. The highest BCUT2D eigenvalue weighted by molar-refractivity contribution is 5.62. The van der Waals surface area contributed by atoms with E-state index in [1.54, 1.807) is 6.92 Å². The summed E-state index contributed by atoms with van der Waals surface area (Å²) in [5.74, 6) is 0. The van der Waals surface area contributed by atoms with Crippen LogP contribution >= 0.6 is 0 Å². The van der Waals surface area contributed by atoms with E-state index in [0.717, 1.165) is 6.42 Å². The van der Waals surface area contributed by atoms with Crippen molar-refractivity contribution >= 4 is 6.21 Å². The third-order valence-corrected chi connectivity index (χ3v) is 2.05. The third kappa shape index (κ3) is 1.79. The van der Waals surface area contributed by atoms with E-state index in [4.69, 9.17) is 10.5 Å². The van der Waals surface area contributed by atoms with Gasteiger partial charge in [0, 0.05) is 11.6 Å². The van der Waals surface area contributed by atoms with Crippen molar-refractivity contribution in [3.63, 3.8) is 0 Å². The fourth-order valence-corrected chi connectivity index (χ4v) is 0.518. The van der Waals surface area contributed by atoms with Crippen LogP contribution in [0, 0.1) is 10.8 Å². The number of rotatable bonds is 3. The van der Waals surface area contributed by atoms with Crippen molar-refractivity contribution in [2.45, 2.75) is 33.3 Å². The van der Waals surface area contributed by atoms with Gasteiger partial charge in [-0.05, 0) is 13.3 Å². The van der Waals surface area contributed by atoms with Crippen molar-refractivity contribution in [3.8, 4) is 0 Å². The van der Waals surface area contributed by atoms with Crippen molar-refractivity contribution in [3.05, 3.63) is 0 Å². The second-order valence-corrected chi connectivity index (χ2v) is 2.68. The van der Waals surface area contributed by atoms with Gasteiger partial charge in [-0.2, -0.15) is 0 Å². The summed E-state index contributed by atoms with van der Waals surface area (Å²) in [6.45, 7) is 5.57. The molecule has 0 spiro atoms. The van der Waals surface area contributed by atoms with E-state index in [2.05, 4.69) is 0 Å². The topological polar surface area (TPSA) is 44.1 Å². The van der Waals surface area contributed by atoms with E-state index in [-0.39, 0.29) is 5.41 Å². The van der Waals surface area contributed by atoms with Gasteiger partial charge in [0.2, 0.25) is 0 Å². The predicted octanol–water partition coefficient (Wildman–Crippen LogP) is 1.43. The van der Waals surface area contributed by atoms with Gasteiger partial charge >= 0.3 is 0 Å². The maximum absolute atomic E-state index is 9.12. The van der Waals surface area contributed by atoms with Gasteiger partial charge in [0.15, 0.2) is 0 Å². The molecule has 54 valence electrons. The molecule has 0 saturated heterocycles. The zero-order valence-corrected chi connectivity index (χ0v) is 6.31. The molecule has 0 aromatic heterocycles. The van der Waals surface area contributed by atoms with Crippen LogP contribution in [0.2, 0.25) is 0 Å². The van der Waals surface area contributed by atoms with Crippen molar-refractivity contribution in [2.75, 3.05) is 0 Å². The normalized spacial score (nSPS) is 20.4. The van der Waals surface area contributed by atoms with Gasteiger partial charge in [0.05, 0.1) is 6.10 Å². The first-order valence-corrected chi connectivity index (χ1v) is 3.26. The Morgan fingerprint density at radius 3 is 2.22 bits per heavy atom. The SMILES string of the molecule is CCC(C)(C=N)C(C)O. The third-order valence-electron chi connectivity index (χ3n) is 2.05. The van der Waals surface area contributed by atoms with E-state index >= 15 is 0 Å². The van der Waals surface area contributed by atoms with Crippen LogP contribution in [0.4, 0.5) is 0 Å². The summed E-state index contributed by atoms with van der Waals surface area (Å²) in [5, 5.41) is 16.1. The Bertz CT molecular complexity index is 101. The van der Waals surface area contributed by atoms with Crippen LogP contribution in [0.1, 0.15) is 27.2 Å². The highest BCUT2D eigenvalue weighted by atomic mass is 16.3. The quantitative estimate of drug-likeness (QED) is 0.556. The van der Waals surface area contributed by atoms with Crippen molar-refractivity contribution in [1.29, 1.82) is 5.41 Å². The minimum atomic E-state index is -0.417. The molecule has 0 aromatic rings. The molecule has 9 heavy (non-hydrogen) atoms. The molecule has 0 amide bonds. The monoisotopic (exact) mass is 129 g/mol. The second kappa shape index (κ2) is 2.97. The van der Waals surface area contributed by atoms with Gasteiger partial charge in [0.25, 0.3) is 0 Å². The number of nitrogens with one attached hydrogen (secondary N) is 1. The minimum Gasteiger partial charge on any atom is -0.392 e. The van der Waals surface area contributed by atoms with Crippen LogP contribution in [-0.2, 0) is 0 Å². The lowest BCUT2D eigenvalue weighted by Crippen LogP contribution is -2.30. The molecule has 0 aromatic carbocycles. The molecule has 0 bridgehead atoms. The average molecular weight is 129 g/mol. The second-order valence-electron chi connectivity index (χ2n) is 2.68. The Balaban J connectivity index is 4.08. The Hall–Kier alpha value is -0.370. The van der Waals surface area contributed by atoms with Crippen LogP contribution in [0.5, 0.6) is 0 Å². The summed E-state index contributed by atoms with van der Waals surface area (Å²) in [5.41, 5.74) is -0.319. The lowest BCUT2D eigenvalue weighted by molar-refractivity contribution is 0.100. The Labute approximate surface area is 56.4 Å². The molecular weight excluding hydrogens is 114 g/mol. The molecule has 0 radical (unpaired) electrons. The summed E-state index contributed by atoms with van der Waals surface area (Å²) in [4.78, 5) is 0. The Morgan fingerprint density at radius 1 is 1.78 bits per heavy atom. The van der Waals surface area contributed by atoms with E-state index in [1.807, 2.05) is 13.8 Å². The first kappa shape index (κ1) is 8.63. The molecule has 0 aliphatic rings. The van der Waals surface area contributed by atoms with Gasteiger partial charge < -0.3 is 10.5 Å². The van der Waals surface area contributed by atoms with Gasteiger partial charge in [-0.1, -0.05) is 13.8 Å². The molecule has 0 aliphatic carbocycles. The summed E-state index contributed by atoms with van der Waals surface area (Å²) in [7, 11) is 0. The van der Waals surface area contributed by atoms with E-state index < -0.39 is 6.10 Å². The van der Waals surface area contributed by atoms with Gasteiger partial charge in [-0.15, -0.1) is 0 Å². The fourth-order valence-electron chi connectivity index (χ4n) is 0.518. The predicted molar refractivity (Wildman–Crippen MR) is 38.9 cm³/mol. The number of aliphatic hydroxyl groups excluding tert-OH is 1. The van der Waals surface area contributed by atoms with E-state index in [9.17, 15) is 0 Å². The van der Waals surface area contributed by atoms with Crippen LogP contribution in [-0.4, -0.2) is 17.4 Å². The van der Waals surface area contributed by atoms with Crippen molar-refractivity contribution in [1.82, 2.24) is 0 Å². The summed E-state index contributed by atoms with van der Waals surface area (Å²) in [6, 6.07) is 0. The molecule has 2 heteroatoms. The highest BCUT2D eigenvalue weighted by Gasteiger charge is 2.24. The zero-order valence-electron chi connectivity index (χ0n) is 6.31. The van der Waals surface area contributed by atoms with Crippen molar-refractivity contribution < 1.29 is 5.11 Å². The molecular formula is C7H15NO. The summed E-state index contributed by atoms with van der Waals surface area (Å²) in [6.07, 6.45) is 1.71. The lowest BCUT2D eigenvalue weighted by Gasteiger charge is -2.25. The maximum Gasteiger partial charge on any atom is 0.0614 e.